The van der Waals surface area contributed by atoms with Crippen LogP contribution in [-0.2, 0) is 0 Å². The van der Waals surface area contributed by atoms with Gasteiger partial charge in [-0.2, -0.15) is 0 Å². The van der Waals surface area contributed by atoms with Gasteiger partial charge in [0.05, 0.1) is 0 Å². The summed E-state index contributed by atoms with van der Waals surface area (Å²) in [5, 5.41) is 3.38. The first-order chi connectivity index (χ1) is 5.31. The van der Waals surface area contributed by atoms with Gasteiger partial charge in [0.1, 0.15) is 0 Å². The molecule has 0 spiro atoms. The lowest BCUT2D eigenvalue weighted by atomic mass is 10.2. The Morgan fingerprint density at radius 1 is 1.18 bits per heavy atom. The largest absolute Gasteiger partial charge is 0.330 e. The van der Waals surface area contributed by atoms with Crippen molar-refractivity contribution in [1.29, 1.82) is 0 Å². The van der Waals surface area contributed by atoms with Crippen molar-refractivity contribution in [3.8, 4) is 0 Å². The Labute approximate surface area is 69.5 Å². The molecule has 0 aliphatic heterocycles. The maximum absolute atomic E-state index is 5.38. The summed E-state index contributed by atoms with van der Waals surface area (Å²) < 4.78 is 0. The number of hydrogen-bond acceptors (Lipinski definition) is 3. The van der Waals surface area contributed by atoms with E-state index in [1.807, 2.05) is 0 Å². The van der Waals surface area contributed by atoms with E-state index in [1.54, 1.807) is 0 Å². The monoisotopic (exact) mass is 159 g/mol. The second-order valence-corrected chi connectivity index (χ2v) is 2.93. The van der Waals surface area contributed by atoms with Crippen LogP contribution < -0.4 is 16.8 Å². The first kappa shape index (κ1) is 10.9. The molecule has 0 heterocycles. The Kier molecular flexibility index (Phi) is 7.89. The molecular formula is C8H21N3. The third-order valence-electron chi connectivity index (χ3n) is 1.71. The van der Waals surface area contributed by atoms with Gasteiger partial charge in [-0.3, -0.25) is 0 Å². The predicted octanol–water partition coefficient (Wildman–Crippen LogP) is 0.0522. The first-order valence-corrected chi connectivity index (χ1v) is 4.44. The highest BCUT2D eigenvalue weighted by molar-refractivity contribution is 4.60. The third-order valence-corrected chi connectivity index (χ3v) is 1.71. The summed E-state index contributed by atoms with van der Waals surface area (Å²) >= 11 is 0. The van der Waals surface area contributed by atoms with Crippen molar-refractivity contribution in [1.82, 2.24) is 5.32 Å². The molecule has 1 atom stereocenters. The fraction of sp³-hybridized carbons (Fsp3) is 1.00. The molecule has 0 radical (unpaired) electrons. The van der Waals surface area contributed by atoms with Crippen LogP contribution in [0.1, 0.15) is 26.2 Å². The molecule has 0 aromatic rings. The molecular weight excluding hydrogens is 138 g/mol. The summed E-state index contributed by atoms with van der Waals surface area (Å²) in [4.78, 5) is 0. The first-order valence-electron chi connectivity index (χ1n) is 4.44. The Balaban J connectivity index is 3.02. The van der Waals surface area contributed by atoms with Gasteiger partial charge in [0.25, 0.3) is 0 Å². The topological polar surface area (TPSA) is 64.1 Å². The van der Waals surface area contributed by atoms with E-state index in [9.17, 15) is 0 Å². The number of nitrogens with one attached hydrogen (secondary N) is 1. The van der Waals surface area contributed by atoms with Crippen LogP contribution in [0.5, 0.6) is 0 Å². The zero-order chi connectivity index (χ0) is 8.53. The highest BCUT2D eigenvalue weighted by Crippen LogP contribution is 1.93. The molecule has 11 heavy (non-hydrogen) atoms. The van der Waals surface area contributed by atoms with E-state index in [0.717, 1.165) is 32.5 Å². The second kappa shape index (κ2) is 7.98. The van der Waals surface area contributed by atoms with Gasteiger partial charge < -0.3 is 16.8 Å². The van der Waals surface area contributed by atoms with Crippen molar-refractivity contribution in [2.45, 2.75) is 32.2 Å². The van der Waals surface area contributed by atoms with Crippen LogP contribution in [0.3, 0.4) is 0 Å². The minimum atomic E-state index is 0.588. The van der Waals surface area contributed by atoms with Crippen molar-refractivity contribution in [3.05, 3.63) is 0 Å². The van der Waals surface area contributed by atoms with Gasteiger partial charge in [0.15, 0.2) is 0 Å². The SMILES string of the molecule is CC(CCCN)NCCCN. The lowest BCUT2D eigenvalue weighted by Crippen LogP contribution is -2.28. The molecule has 3 nitrogen and oxygen atoms in total. The molecule has 0 aliphatic carbocycles. The predicted molar refractivity (Wildman–Crippen MR) is 49.4 cm³/mol. The summed E-state index contributed by atoms with van der Waals surface area (Å²) in [7, 11) is 0. The van der Waals surface area contributed by atoms with E-state index in [0.29, 0.717) is 6.04 Å². The van der Waals surface area contributed by atoms with E-state index in [4.69, 9.17) is 11.5 Å². The fourth-order valence-corrected chi connectivity index (χ4v) is 0.977. The van der Waals surface area contributed by atoms with Gasteiger partial charge in [-0.15, -0.1) is 0 Å². The van der Waals surface area contributed by atoms with Gasteiger partial charge in [0.2, 0.25) is 0 Å². The maximum Gasteiger partial charge on any atom is 0.00392 e. The summed E-state index contributed by atoms with van der Waals surface area (Å²) in [6.07, 6.45) is 3.34. The molecule has 0 amide bonds. The van der Waals surface area contributed by atoms with Crippen molar-refractivity contribution in [2.24, 2.45) is 11.5 Å². The van der Waals surface area contributed by atoms with Gasteiger partial charge in [-0.25, -0.2) is 0 Å². The number of nitrogens with two attached hydrogens (primary N) is 2. The summed E-state index contributed by atoms with van der Waals surface area (Å²) in [6, 6.07) is 0.588. The van der Waals surface area contributed by atoms with E-state index in [-0.39, 0.29) is 0 Å². The van der Waals surface area contributed by atoms with Crippen molar-refractivity contribution in [3.63, 3.8) is 0 Å². The molecule has 0 fully saturated rings. The summed E-state index contributed by atoms with van der Waals surface area (Å²) in [6.45, 7) is 4.79. The Morgan fingerprint density at radius 2 is 1.82 bits per heavy atom. The van der Waals surface area contributed by atoms with Gasteiger partial charge in [0, 0.05) is 6.04 Å². The molecule has 3 heteroatoms. The molecule has 5 N–H and O–H groups in total. The minimum absolute atomic E-state index is 0.588. The van der Waals surface area contributed by atoms with E-state index >= 15 is 0 Å². The standard InChI is InChI=1S/C8H21N3/c1-8(4-2-5-9)11-7-3-6-10/h8,11H,2-7,9-10H2,1H3. The van der Waals surface area contributed by atoms with E-state index in [1.165, 1.54) is 6.42 Å². The van der Waals surface area contributed by atoms with Gasteiger partial charge in [-0.1, -0.05) is 0 Å². The second-order valence-electron chi connectivity index (χ2n) is 2.93. The van der Waals surface area contributed by atoms with Crippen LogP contribution in [0.15, 0.2) is 0 Å². The van der Waals surface area contributed by atoms with Crippen LogP contribution in [0.2, 0.25) is 0 Å². The Hall–Kier alpha value is -0.120. The van der Waals surface area contributed by atoms with Crippen molar-refractivity contribution in [2.75, 3.05) is 19.6 Å². The molecule has 0 bridgehead atoms. The van der Waals surface area contributed by atoms with Crippen LogP contribution in [0.4, 0.5) is 0 Å². The molecule has 0 rings (SSSR count). The average molecular weight is 159 g/mol. The van der Waals surface area contributed by atoms with Crippen molar-refractivity contribution >= 4 is 0 Å². The average Bonchev–Trinajstić information content (AvgIpc) is 2.01. The maximum atomic E-state index is 5.38. The lowest BCUT2D eigenvalue weighted by Gasteiger charge is -2.11. The highest BCUT2D eigenvalue weighted by atomic mass is 14.9. The van der Waals surface area contributed by atoms with Gasteiger partial charge >= 0.3 is 0 Å². The molecule has 0 aliphatic rings. The number of hydrogen-bond donors (Lipinski definition) is 3. The van der Waals surface area contributed by atoms with Crippen LogP contribution >= 0.6 is 0 Å². The lowest BCUT2D eigenvalue weighted by molar-refractivity contribution is 0.497. The van der Waals surface area contributed by atoms with Crippen LogP contribution in [0.25, 0.3) is 0 Å². The third kappa shape index (κ3) is 7.78. The van der Waals surface area contributed by atoms with E-state index in [2.05, 4.69) is 12.2 Å². The summed E-state index contributed by atoms with van der Waals surface area (Å²) in [5.41, 5.74) is 10.7. The van der Waals surface area contributed by atoms with Gasteiger partial charge in [-0.05, 0) is 45.8 Å². The smallest absolute Gasteiger partial charge is 0.00392 e. The fourth-order valence-electron chi connectivity index (χ4n) is 0.977. The molecule has 0 aromatic carbocycles. The zero-order valence-corrected chi connectivity index (χ0v) is 7.47. The Bertz CT molecular complexity index is 75.7. The quantitative estimate of drug-likeness (QED) is 0.460. The van der Waals surface area contributed by atoms with Crippen LogP contribution in [0, 0.1) is 0 Å². The van der Waals surface area contributed by atoms with Crippen molar-refractivity contribution < 1.29 is 0 Å². The molecule has 0 aromatic heterocycles. The summed E-state index contributed by atoms with van der Waals surface area (Å²) in [5.74, 6) is 0. The number of rotatable bonds is 7. The zero-order valence-electron chi connectivity index (χ0n) is 7.47. The normalized spacial score (nSPS) is 13.4. The minimum Gasteiger partial charge on any atom is -0.330 e. The molecule has 0 saturated heterocycles. The molecule has 1 unspecified atom stereocenters. The highest BCUT2D eigenvalue weighted by Gasteiger charge is 1.97. The Morgan fingerprint density at radius 3 is 2.36 bits per heavy atom. The van der Waals surface area contributed by atoms with E-state index < -0.39 is 0 Å². The molecule has 0 saturated carbocycles. The van der Waals surface area contributed by atoms with Crippen LogP contribution in [-0.4, -0.2) is 25.7 Å². The molecule has 68 valence electrons.